The van der Waals surface area contributed by atoms with E-state index in [1.807, 2.05) is 22.9 Å². The molecule has 0 saturated carbocycles. The number of aromatic nitrogens is 2. The molecule has 0 N–H and O–H groups in total. The van der Waals surface area contributed by atoms with E-state index in [4.69, 9.17) is 0 Å². The number of carbonyl (C=O) groups is 1. The highest BCUT2D eigenvalue weighted by atomic mass is 32.2. The van der Waals surface area contributed by atoms with E-state index in [1.54, 1.807) is 18.2 Å². The summed E-state index contributed by atoms with van der Waals surface area (Å²) in [6.07, 6.45) is 3.12. The smallest absolute Gasteiger partial charge is 0.245 e. The van der Waals surface area contributed by atoms with Gasteiger partial charge in [-0.05, 0) is 42.5 Å². The number of aryl methyl sites for hydroxylation is 1. The second kappa shape index (κ2) is 9.09. The van der Waals surface area contributed by atoms with Gasteiger partial charge in [-0.3, -0.25) is 9.69 Å². The van der Waals surface area contributed by atoms with Crippen LogP contribution in [0.5, 0.6) is 0 Å². The SMILES string of the molecule is CN(C(=O)CN1CCN(S(=O)(=O)c2cccc3nsnc23)CC1)C1CCCc2ccccc21. The number of nitrogens with zero attached hydrogens (tertiary/aromatic N) is 5. The van der Waals surface area contributed by atoms with Gasteiger partial charge >= 0.3 is 0 Å². The van der Waals surface area contributed by atoms with Crippen LogP contribution in [-0.4, -0.2) is 76.9 Å². The Balaban J connectivity index is 1.22. The van der Waals surface area contributed by atoms with Crippen molar-refractivity contribution in [1.82, 2.24) is 22.9 Å². The van der Waals surface area contributed by atoms with Gasteiger partial charge in [0.05, 0.1) is 24.3 Å². The molecule has 1 unspecified atom stereocenters. The van der Waals surface area contributed by atoms with Crippen LogP contribution in [0.25, 0.3) is 11.0 Å². The van der Waals surface area contributed by atoms with Gasteiger partial charge in [-0.1, -0.05) is 30.3 Å². The average Bonchev–Trinajstić information content (AvgIpc) is 3.32. The van der Waals surface area contributed by atoms with Gasteiger partial charge in [0.25, 0.3) is 0 Å². The Kier molecular flexibility index (Phi) is 6.17. The number of piperazine rings is 1. The van der Waals surface area contributed by atoms with Gasteiger partial charge in [0.1, 0.15) is 15.9 Å². The summed E-state index contributed by atoms with van der Waals surface area (Å²) in [5.74, 6) is 0.0753. The van der Waals surface area contributed by atoms with Crippen LogP contribution in [0.1, 0.15) is 30.0 Å². The Hall–Kier alpha value is -2.40. The average molecular weight is 486 g/mol. The largest absolute Gasteiger partial charge is 0.338 e. The Bertz CT molecular complexity index is 1270. The lowest BCUT2D eigenvalue weighted by Crippen LogP contribution is -2.51. The van der Waals surface area contributed by atoms with E-state index in [1.165, 1.54) is 15.4 Å². The first-order chi connectivity index (χ1) is 15.9. The number of fused-ring (bicyclic) bond motifs is 2. The number of rotatable bonds is 5. The first-order valence-corrected chi connectivity index (χ1v) is 13.4. The van der Waals surface area contributed by atoms with Crippen molar-refractivity contribution in [2.24, 2.45) is 0 Å². The van der Waals surface area contributed by atoms with Crippen LogP contribution in [0.15, 0.2) is 47.4 Å². The number of amides is 1. The summed E-state index contributed by atoms with van der Waals surface area (Å²) in [6, 6.07) is 13.5. The Morgan fingerprint density at radius 1 is 1.09 bits per heavy atom. The lowest BCUT2D eigenvalue weighted by molar-refractivity contribution is -0.133. The predicted molar refractivity (Wildman–Crippen MR) is 128 cm³/mol. The molecule has 1 aromatic heterocycles. The first-order valence-electron chi connectivity index (χ1n) is 11.2. The number of hydrogen-bond acceptors (Lipinski definition) is 7. The fourth-order valence-corrected chi connectivity index (χ4v) is 7.04. The highest BCUT2D eigenvalue weighted by Gasteiger charge is 2.32. The topological polar surface area (TPSA) is 86.7 Å². The molecule has 1 aliphatic carbocycles. The number of benzene rings is 2. The molecule has 1 atom stereocenters. The molecule has 2 heterocycles. The maximum absolute atomic E-state index is 13.2. The Morgan fingerprint density at radius 2 is 1.88 bits per heavy atom. The predicted octanol–water partition coefficient (Wildman–Crippen LogP) is 2.53. The third kappa shape index (κ3) is 4.28. The second-order valence-corrected chi connectivity index (χ2v) is 11.1. The summed E-state index contributed by atoms with van der Waals surface area (Å²) >= 11 is 1.01. The molecule has 1 amide bonds. The first kappa shape index (κ1) is 22.4. The van der Waals surface area contributed by atoms with Gasteiger partial charge in [0.15, 0.2) is 0 Å². The Labute approximate surface area is 198 Å². The fraction of sp³-hybridized carbons (Fsp3) is 0.435. The van der Waals surface area contributed by atoms with E-state index in [0.29, 0.717) is 43.8 Å². The third-order valence-electron chi connectivity index (χ3n) is 6.76. The minimum atomic E-state index is -3.66. The molecule has 2 aliphatic rings. The number of sulfonamides is 1. The standard InChI is InChI=1S/C23H27N5O3S2/c1-26(20-10-4-7-17-6-2-3-8-18(17)20)22(29)16-27-12-14-28(15-13-27)33(30,31)21-11-5-9-19-23(21)25-32-24-19/h2-3,5-6,8-9,11,20H,4,7,10,12-16H2,1H3. The molecule has 0 radical (unpaired) electrons. The molecule has 5 rings (SSSR count). The maximum atomic E-state index is 13.2. The molecule has 33 heavy (non-hydrogen) atoms. The highest BCUT2D eigenvalue weighted by molar-refractivity contribution is 7.89. The monoisotopic (exact) mass is 485 g/mol. The molecule has 1 fully saturated rings. The quantitative estimate of drug-likeness (QED) is 0.552. The summed E-state index contributed by atoms with van der Waals surface area (Å²) in [4.78, 5) is 17.2. The minimum Gasteiger partial charge on any atom is -0.338 e. The summed E-state index contributed by atoms with van der Waals surface area (Å²) in [6.45, 7) is 2.03. The van der Waals surface area contributed by atoms with Crippen molar-refractivity contribution in [3.63, 3.8) is 0 Å². The van der Waals surface area contributed by atoms with Gasteiger partial charge in [-0.25, -0.2) is 8.42 Å². The van der Waals surface area contributed by atoms with E-state index in [-0.39, 0.29) is 16.8 Å². The molecule has 0 bridgehead atoms. The second-order valence-electron chi connectivity index (χ2n) is 8.68. The van der Waals surface area contributed by atoms with Crippen molar-refractivity contribution < 1.29 is 13.2 Å². The van der Waals surface area contributed by atoms with Crippen LogP contribution in [0.4, 0.5) is 0 Å². The van der Waals surface area contributed by atoms with Crippen molar-refractivity contribution >= 4 is 38.7 Å². The molecule has 3 aromatic rings. The molecule has 1 saturated heterocycles. The van der Waals surface area contributed by atoms with E-state index < -0.39 is 10.0 Å². The number of likely N-dealkylation sites (N-methyl/N-ethyl adjacent to an activating group) is 1. The number of hydrogen-bond donors (Lipinski definition) is 0. The van der Waals surface area contributed by atoms with Gasteiger partial charge in [0.2, 0.25) is 15.9 Å². The lowest BCUT2D eigenvalue weighted by Gasteiger charge is -2.37. The third-order valence-corrected chi connectivity index (χ3v) is 9.23. The highest BCUT2D eigenvalue weighted by Crippen LogP contribution is 2.33. The lowest BCUT2D eigenvalue weighted by atomic mass is 9.87. The van der Waals surface area contributed by atoms with Gasteiger partial charge in [-0.2, -0.15) is 13.1 Å². The van der Waals surface area contributed by atoms with Gasteiger partial charge in [-0.15, -0.1) is 0 Å². The van der Waals surface area contributed by atoms with Crippen molar-refractivity contribution in [1.29, 1.82) is 0 Å². The van der Waals surface area contributed by atoms with Crippen LogP contribution in [0.2, 0.25) is 0 Å². The van der Waals surface area contributed by atoms with Crippen molar-refractivity contribution in [2.45, 2.75) is 30.2 Å². The van der Waals surface area contributed by atoms with Crippen LogP contribution in [-0.2, 0) is 21.2 Å². The molecule has 0 spiro atoms. The zero-order valence-electron chi connectivity index (χ0n) is 18.6. The molecule has 10 heteroatoms. The van der Waals surface area contributed by atoms with E-state index >= 15 is 0 Å². The van der Waals surface area contributed by atoms with Crippen molar-refractivity contribution in [2.75, 3.05) is 39.8 Å². The molecule has 2 aromatic carbocycles. The van der Waals surface area contributed by atoms with Gasteiger partial charge < -0.3 is 4.90 Å². The summed E-state index contributed by atoms with van der Waals surface area (Å²) < 4.78 is 36.3. The molecular weight excluding hydrogens is 458 g/mol. The van der Waals surface area contributed by atoms with E-state index in [0.717, 1.165) is 31.0 Å². The summed E-state index contributed by atoms with van der Waals surface area (Å²) in [7, 11) is -1.77. The van der Waals surface area contributed by atoms with Crippen LogP contribution < -0.4 is 0 Å². The zero-order valence-corrected chi connectivity index (χ0v) is 20.2. The van der Waals surface area contributed by atoms with Crippen molar-refractivity contribution in [3.8, 4) is 0 Å². The summed E-state index contributed by atoms with van der Waals surface area (Å²) in [5.41, 5.74) is 3.60. The molecule has 1 aliphatic heterocycles. The van der Waals surface area contributed by atoms with Crippen LogP contribution in [0, 0.1) is 0 Å². The van der Waals surface area contributed by atoms with E-state index in [9.17, 15) is 13.2 Å². The summed E-state index contributed by atoms with van der Waals surface area (Å²) in [5, 5.41) is 0. The minimum absolute atomic E-state index is 0.0753. The van der Waals surface area contributed by atoms with E-state index in [2.05, 4.69) is 26.9 Å². The zero-order chi connectivity index (χ0) is 23.0. The van der Waals surface area contributed by atoms with Crippen LogP contribution >= 0.6 is 11.7 Å². The van der Waals surface area contributed by atoms with Crippen LogP contribution in [0.3, 0.4) is 0 Å². The maximum Gasteiger partial charge on any atom is 0.245 e. The van der Waals surface area contributed by atoms with Crippen molar-refractivity contribution in [3.05, 3.63) is 53.6 Å². The molecule has 174 valence electrons. The fourth-order valence-electron chi connectivity index (χ4n) is 4.86. The number of carbonyl (C=O) groups excluding carboxylic acids is 1. The van der Waals surface area contributed by atoms with Gasteiger partial charge in [0, 0.05) is 33.2 Å². The Morgan fingerprint density at radius 3 is 2.70 bits per heavy atom. The molecular formula is C23H27N5O3S2. The molecule has 8 nitrogen and oxygen atoms in total. The normalized spacial score (nSPS) is 20.0.